The van der Waals surface area contributed by atoms with E-state index in [-0.39, 0.29) is 11.6 Å². The van der Waals surface area contributed by atoms with Crippen molar-refractivity contribution in [2.75, 3.05) is 6.61 Å². The Hall–Kier alpha value is -1.09. The van der Waals surface area contributed by atoms with E-state index in [9.17, 15) is 13.0 Å². The van der Waals surface area contributed by atoms with Crippen LogP contribution in [0.5, 0.6) is 0 Å². The fourth-order valence-electron chi connectivity index (χ4n) is 2.84. The summed E-state index contributed by atoms with van der Waals surface area (Å²) < 4.78 is 50.2. The van der Waals surface area contributed by atoms with Crippen LogP contribution in [0.25, 0.3) is 10.9 Å². The number of hydrogen-bond acceptors (Lipinski definition) is 2. The highest BCUT2D eigenvalue weighted by molar-refractivity contribution is 7.84. The summed E-state index contributed by atoms with van der Waals surface area (Å²) in [4.78, 5) is 0. The number of halogens is 2. The van der Waals surface area contributed by atoms with E-state index in [2.05, 4.69) is 24.4 Å². The number of rotatable bonds is 9. The maximum Gasteiger partial charge on any atom is 0.264 e. The van der Waals surface area contributed by atoms with E-state index in [0.717, 1.165) is 6.04 Å². The van der Waals surface area contributed by atoms with Crippen LogP contribution in [0.2, 0.25) is 25.7 Å². The van der Waals surface area contributed by atoms with Gasteiger partial charge in [-0.2, -0.15) is 0 Å². The molecule has 1 N–H and O–H groups in total. The van der Waals surface area contributed by atoms with Gasteiger partial charge in [-0.1, -0.05) is 19.6 Å². The third-order valence-corrected chi connectivity index (χ3v) is 8.13. The van der Waals surface area contributed by atoms with E-state index in [0.29, 0.717) is 29.8 Å². The van der Waals surface area contributed by atoms with Gasteiger partial charge in [-0.05, 0) is 57.5 Å². The van der Waals surface area contributed by atoms with Crippen molar-refractivity contribution in [2.45, 2.75) is 77.3 Å². The van der Waals surface area contributed by atoms with Crippen molar-refractivity contribution in [1.29, 1.82) is 0 Å². The molecular formula is C21H34F2N2O2SSi. The number of nitrogens with zero attached hydrogens (tertiary/aromatic N) is 1. The number of ether oxygens (including phenoxy) is 1. The molecule has 164 valence electrons. The maximum atomic E-state index is 13.7. The number of alkyl halides is 2. The number of aromatic nitrogens is 1. The smallest absolute Gasteiger partial charge is 0.264 e. The van der Waals surface area contributed by atoms with Gasteiger partial charge in [-0.25, -0.2) is 17.7 Å². The first-order chi connectivity index (χ1) is 13.3. The molecule has 2 atom stereocenters. The zero-order chi connectivity index (χ0) is 22.0. The summed E-state index contributed by atoms with van der Waals surface area (Å²) >= 11 is 0. The molecule has 29 heavy (non-hydrogen) atoms. The summed E-state index contributed by atoms with van der Waals surface area (Å²) in [5.74, 6) is 0. The second-order valence-electron chi connectivity index (χ2n) is 9.70. The molecule has 1 aromatic heterocycles. The summed E-state index contributed by atoms with van der Waals surface area (Å²) in [6, 6.07) is 5.85. The lowest BCUT2D eigenvalue weighted by molar-refractivity contribution is 0.0902. The van der Waals surface area contributed by atoms with Gasteiger partial charge in [-0.3, -0.25) is 0 Å². The van der Waals surface area contributed by atoms with Crippen LogP contribution in [-0.4, -0.2) is 28.2 Å². The third-order valence-electron chi connectivity index (χ3n) is 4.74. The molecule has 0 bridgehead atoms. The van der Waals surface area contributed by atoms with Gasteiger partial charge in [0.05, 0.1) is 21.2 Å². The van der Waals surface area contributed by atoms with Crippen LogP contribution >= 0.6 is 0 Å². The molecule has 2 aromatic rings. The maximum absolute atomic E-state index is 13.7. The zero-order valence-corrected chi connectivity index (χ0v) is 20.3. The Balaban J connectivity index is 2.29. The van der Waals surface area contributed by atoms with E-state index in [1.54, 1.807) is 12.3 Å². The van der Waals surface area contributed by atoms with Gasteiger partial charge in [0.25, 0.3) is 6.43 Å². The normalized spacial score (nSPS) is 15.2. The fraction of sp³-hybridized carbons (Fsp3) is 0.619. The Labute approximate surface area is 176 Å². The molecule has 0 amide bonds. The Morgan fingerprint density at radius 3 is 2.45 bits per heavy atom. The van der Waals surface area contributed by atoms with Crippen molar-refractivity contribution in [3.63, 3.8) is 0 Å². The molecule has 8 heteroatoms. The Bertz CT molecular complexity index is 857. The van der Waals surface area contributed by atoms with Crippen LogP contribution < -0.4 is 4.72 Å². The minimum Gasteiger partial charge on any atom is -0.361 e. The number of nitrogens with one attached hydrogen (secondary N) is 1. The van der Waals surface area contributed by atoms with Gasteiger partial charge in [0, 0.05) is 37.9 Å². The van der Waals surface area contributed by atoms with Crippen LogP contribution in [0.15, 0.2) is 24.4 Å². The summed E-state index contributed by atoms with van der Waals surface area (Å²) in [6.07, 6.45) is -0.790. The lowest BCUT2D eigenvalue weighted by Crippen LogP contribution is -2.34. The number of fused-ring (bicyclic) bond motifs is 1. The van der Waals surface area contributed by atoms with Crippen LogP contribution in [0.1, 0.15) is 51.3 Å². The predicted molar refractivity (Wildman–Crippen MR) is 120 cm³/mol. The summed E-state index contributed by atoms with van der Waals surface area (Å²) in [6.45, 7) is 15.3. The largest absolute Gasteiger partial charge is 0.361 e. The fourth-order valence-corrected chi connectivity index (χ4v) is 4.40. The van der Waals surface area contributed by atoms with Crippen molar-refractivity contribution in [2.24, 2.45) is 0 Å². The topological polar surface area (TPSA) is 43.3 Å². The molecule has 1 aromatic carbocycles. The monoisotopic (exact) mass is 444 g/mol. The van der Waals surface area contributed by atoms with E-state index in [1.807, 2.05) is 38.3 Å². The van der Waals surface area contributed by atoms with Gasteiger partial charge < -0.3 is 9.30 Å². The highest BCUT2D eigenvalue weighted by Crippen LogP contribution is 2.32. The van der Waals surface area contributed by atoms with Crippen LogP contribution in [0.3, 0.4) is 0 Å². The first-order valence-corrected chi connectivity index (χ1v) is 14.8. The van der Waals surface area contributed by atoms with Crippen LogP contribution in [-0.2, 0) is 22.5 Å². The highest BCUT2D eigenvalue weighted by atomic mass is 32.2. The quantitative estimate of drug-likeness (QED) is 0.380. The molecular weight excluding hydrogens is 410 g/mol. The van der Waals surface area contributed by atoms with E-state index < -0.39 is 30.2 Å². The van der Waals surface area contributed by atoms with Gasteiger partial charge in [0.15, 0.2) is 0 Å². The van der Waals surface area contributed by atoms with Crippen molar-refractivity contribution in [3.05, 3.63) is 35.5 Å². The Morgan fingerprint density at radius 2 is 1.90 bits per heavy atom. The second kappa shape index (κ2) is 9.37. The summed E-state index contributed by atoms with van der Waals surface area (Å²) in [5.41, 5.74) is 1.39. The molecule has 1 unspecified atom stereocenters. The number of benzene rings is 1. The van der Waals surface area contributed by atoms with Crippen LogP contribution in [0, 0.1) is 0 Å². The molecule has 0 saturated carbocycles. The molecule has 0 spiro atoms. The van der Waals surface area contributed by atoms with Gasteiger partial charge in [0.1, 0.15) is 6.73 Å². The summed E-state index contributed by atoms with van der Waals surface area (Å²) in [7, 11) is -2.48. The molecule has 0 radical (unpaired) electrons. The van der Waals surface area contributed by atoms with Crippen molar-refractivity contribution < 1.29 is 17.7 Å². The predicted octanol–water partition coefficient (Wildman–Crippen LogP) is 6.00. The highest BCUT2D eigenvalue weighted by Gasteiger charge is 2.23. The first kappa shape index (κ1) is 24.2. The van der Waals surface area contributed by atoms with E-state index in [4.69, 9.17) is 4.74 Å². The summed E-state index contributed by atoms with van der Waals surface area (Å²) in [5, 5.41) is 0.529. The van der Waals surface area contributed by atoms with Gasteiger partial charge in [-0.15, -0.1) is 0 Å². The molecule has 0 aliphatic rings. The van der Waals surface area contributed by atoms with Gasteiger partial charge >= 0.3 is 0 Å². The minimum absolute atomic E-state index is 0.00598. The van der Waals surface area contributed by atoms with Gasteiger partial charge in [0.2, 0.25) is 0 Å². The average molecular weight is 445 g/mol. The van der Waals surface area contributed by atoms with Crippen LogP contribution in [0.4, 0.5) is 8.78 Å². The molecule has 0 aliphatic heterocycles. The van der Waals surface area contributed by atoms with Crippen molar-refractivity contribution in [1.82, 2.24) is 9.29 Å². The van der Waals surface area contributed by atoms with Crippen molar-refractivity contribution in [3.8, 4) is 0 Å². The average Bonchev–Trinajstić information content (AvgIpc) is 2.99. The lowest BCUT2D eigenvalue weighted by Gasteiger charge is -2.23. The lowest BCUT2D eigenvalue weighted by atomic mass is 10.0. The minimum atomic E-state index is -2.58. The molecule has 0 saturated heterocycles. The van der Waals surface area contributed by atoms with Crippen molar-refractivity contribution >= 4 is 30.0 Å². The zero-order valence-electron chi connectivity index (χ0n) is 18.5. The third kappa shape index (κ3) is 6.70. The number of hydrogen-bond donors (Lipinski definition) is 1. The molecule has 4 nitrogen and oxygen atoms in total. The van der Waals surface area contributed by atoms with E-state index in [1.165, 1.54) is 6.07 Å². The molecule has 0 aliphatic carbocycles. The molecule has 0 fully saturated rings. The SMILES string of the molecule is C[C@@H](NS(=O)C(C)(C)C)c1cc(C(F)F)c2ccn(COCC[Si](C)(C)C)c2c1. The Morgan fingerprint density at radius 1 is 1.24 bits per heavy atom. The standard InChI is InChI=1S/C21H34F2N2O2SSi/c1-15(24-28(26)21(2,3)4)16-12-18(20(22)23)17-8-9-25(19(17)13-16)14-27-10-11-29(5,6)7/h8-9,12-13,15,20,24H,10-11,14H2,1-7H3/t15-,28?/m1/s1. The second-order valence-corrected chi connectivity index (χ2v) is 17.3. The van der Waals surface area contributed by atoms with E-state index >= 15 is 0 Å². The molecule has 1 heterocycles. The molecule has 2 rings (SSSR count). The first-order valence-electron chi connectivity index (χ1n) is 9.96. The Kier molecular flexibility index (Phi) is 7.81.